The zero-order valence-electron chi connectivity index (χ0n) is 18.2. The number of halogens is 3. The van der Waals surface area contributed by atoms with Crippen molar-refractivity contribution >= 4 is 17.2 Å². The molecule has 0 atom stereocenters. The molecule has 1 aliphatic rings. The van der Waals surface area contributed by atoms with Crippen molar-refractivity contribution in [2.24, 2.45) is 5.41 Å². The Hall–Kier alpha value is -2.55. The van der Waals surface area contributed by atoms with Crippen LogP contribution in [0.1, 0.15) is 43.9 Å². The molecule has 2 heterocycles. The van der Waals surface area contributed by atoms with E-state index in [9.17, 15) is 13.2 Å². The largest absolute Gasteiger partial charge is 0.418 e. The van der Waals surface area contributed by atoms with Gasteiger partial charge in [0.1, 0.15) is 5.82 Å². The average Bonchev–Trinajstić information content (AvgIpc) is 2.68. The summed E-state index contributed by atoms with van der Waals surface area (Å²) in [5, 5.41) is 0. The van der Waals surface area contributed by atoms with Crippen molar-refractivity contribution in [3.8, 4) is 11.3 Å². The number of hydrogen-bond donors (Lipinski definition) is 2. The number of nitrogens with two attached hydrogens (primary N) is 2. The molecule has 9 heteroatoms. The highest BCUT2D eigenvalue weighted by Gasteiger charge is 2.38. The summed E-state index contributed by atoms with van der Waals surface area (Å²) in [4.78, 5) is 10.3. The topological polar surface area (TPSA) is 90.3 Å². The van der Waals surface area contributed by atoms with Crippen LogP contribution in [0.3, 0.4) is 0 Å². The zero-order chi connectivity index (χ0) is 22.8. The number of anilines is 3. The fraction of sp³-hybridized carbons (Fsp3) is 0.545. The van der Waals surface area contributed by atoms with Gasteiger partial charge in [0.05, 0.1) is 34.9 Å². The molecule has 0 unspecified atom stereocenters. The van der Waals surface area contributed by atoms with Crippen LogP contribution in [0.5, 0.6) is 0 Å². The van der Waals surface area contributed by atoms with Crippen LogP contribution < -0.4 is 16.4 Å². The minimum Gasteiger partial charge on any atom is -0.394 e. The summed E-state index contributed by atoms with van der Waals surface area (Å²) in [6.07, 6.45) is 0.991. The third-order valence-electron chi connectivity index (χ3n) is 5.97. The summed E-state index contributed by atoms with van der Waals surface area (Å²) in [6, 6.07) is 2.78. The highest BCUT2D eigenvalue weighted by atomic mass is 19.4. The first-order chi connectivity index (χ1) is 14.6. The van der Waals surface area contributed by atoms with E-state index in [2.05, 4.69) is 9.97 Å². The average molecular weight is 438 g/mol. The van der Waals surface area contributed by atoms with Crippen molar-refractivity contribution < 1.29 is 17.9 Å². The van der Waals surface area contributed by atoms with Crippen molar-refractivity contribution in [2.75, 3.05) is 43.7 Å². The molecule has 4 N–H and O–H groups in total. The van der Waals surface area contributed by atoms with Crippen LogP contribution in [0.15, 0.2) is 18.3 Å². The van der Waals surface area contributed by atoms with Gasteiger partial charge in [-0.3, -0.25) is 4.98 Å². The van der Waals surface area contributed by atoms with Crippen molar-refractivity contribution in [1.29, 1.82) is 0 Å². The lowest BCUT2D eigenvalue weighted by molar-refractivity contribution is -0.138. The SMILES string of the molecule is CCCc1ncc(-c2cc(N(C)CC3(COC)CCC3)c(N)c(N)n2)cc1C(F)(F)F. The summed E-state index contributed by atoms with van der Waals surface area (Å²) in [7, 11) is 3.58. The molecular weight excluding hydrogens is 407 g/mol. The molecule has 2 aromatic rings. The Labute approximate surface area is 180 Å². The molecule has 6 nitrogen and oxygen atoms in total. The molecule has 0 aliphatic heterocycles. The van der Waals surface area contributed by atoms with Gasteiger partial charge in [0.2, 0.25) is 0 Å². The quantitative estimate of drug-likeness (QED) is 0.631. The fourth-order valence-electron chi connectivity index (χ4n) is 4.26. The van der Waals surface area contributed by atoms with Gasteiger partial charge in [-0.2, -0.15) is 13.2 Å². The summed E-state index contributed by atoms with van der Waals surface area (Å²) in [5.74, 6) is 0.0833. The summed E-state index contributed by atoms with van der Waals surface area (Å²) in [5.41, 5.74) is 13.1. The number of nitrogens with zero attached hydrogens (tertiary/aromatic N) is 3. The predicted molar refractivity (Wildman–Crippen MR) is 117 cm³/mol. The number of nitrogen functional groups attached to an aromatic ring is 2. The van der Waals surface area contributed by atoms with Gasteiger partial charge in [-0.05, 0) is 31.4 Å². The normalized spacial score (nSPS) is 15.5. The molecule has 0 spiro atoms. The van der Waals surface area contributed by atoms with Gasteiger partial charge < -0.3 is 21.1 Å². The van der Waals surface area contributed by atoms with Crippen molar-refractivity contribution in [2.45, 2.75) is 45.2 Å². The lowest BCUT2D eigenvalue weighted by Gasteiger charge is -2.44. The van der Waals surface area contributed by atoms with Gasteiger partial charge in [-0.15, -0.1) is 0 Å². The summed E-state index contributed by atoms with van der Waals surface area (Å²) in [6.45, 7) is 3.16. The van der Waals surface area contributed by atoms with Gasteiger partial charge in [0, 0.05) is 37.9 Å². The smallest absolute Gasteiger partial charge is 0.394 e. The molecule has 1 saturated carbocycles. The Kier molecular flexibility index (Phi) is 6.64. The van der Waals surface area contributed by atoms with Crippen LogP contribution in [0, 0.1) is 5.41 Å². The van der Waals surface area contributed by atoms with Gasteiger partial charge in [-0.25, -0.2) is 4.98 Å². The van der Waals surface area contributed by atoms with Crippen molar-refractivity contribution in [3.05, 3.63) is 29.6 Å². The summed E-state index contributed by atoms with van der Waals surface area (Å²) >= 11 is 0. The molecule has 2 aromatic heterocycles. The van der Waals surface area contributed by atoms with E-state index in [0.29, 0.717) is 36.6 Å². The third-order valence-corrected chi connectivity index (χ3v) is 5.97. The van der Waals surface area contributed by atoms with E-state index in [4.69, 9.17) is 16.2 Å². The first kappa shape index (κ1) is 23.1. The maximum absolute atomic E-state index is 13.6. The second kappa shape index (κ2) is 8.90. The lowest BCUT2D eigenvalue weighted by atomic mass is 9.69. The van der Waals surface area contributed by atoms with Crippen LogP contribution in [0.25, 0.3) is 11.3 Å². The van der Waals surface area contributed by atoms with Crippen molar-refractivity contribution in [3.63, 3.8) is 0 Å². The lowest BCUT2D eigenvalue weighted by Crippen LogP contribution is -2.44. The van der Waals surface area contributed by atoms with Crippen molar-refractivity contribution in [1.82, 2.24) is 9.97 Å². The van der Waals surface area contributed by atoms with E-state index < -0.39 is 11.7 Å². The number of rotatable bonds is 8. The van der Waals surface area contributed by atoms with Gasteiger partial charge in [-0.1, -0.05) is 19.8 Å². The Morgan fingerprint density at radius 1 is 1.23 bits per heavy atom. The highest BCUT2D eigenvalue weighted by Crippen LogP contribution is 2.43. The molecule has 0 bridgehead atoms. The van der Waals surface area contributed by atoms with Crippen LogP contribution in [0.4, 0.5) is 30.4 Å². The first-order valence-corrected chi connectivity index (χ1v) is 10.4. The number of pyridine rings is 2. The highest BCUT2D eigenvalue weighted by molar-refractivity contribution is 5.81. The van der Waals surface area contributed by atoms with E-state index >= 15 is 0 Å². The third kappa shape index (κ3) is 4.87. The minimum absolute atomic E-state index is 0.0333. The Balaban J connectivity index is 1.99. The van der Waals surface area contributed by atoms with E-state index in [1.54, 1.807) is 13.2 Å². The number of aryl methyl sites for hydroxylation is 1. The number of methoxy groups -OCH3 is 1. The number of hydrogen-bond acceptors (Lipinski definition) is 6. The Bertz CT molecular complexity index is 928. The molecule has 1 fully saturated rings. The molecule has 1 aliphatic carbocycles. The molecule has 0 saturated heterocycles. The molecule has 31 heavy (non-hydrogen) atoms. The van der Waals surface area contributed by atoms with Gasteiger partial charge >= 0.3 is 6.18 Å². The molecule has 170 valence electrons. The minimum atomic E-state index is -4.50. The Morgan fingerprint density at radius 2 is 1.94 bits per heavy atom. The summed E-state index contributed by atoms with van der Waals surface area (Å²) < 4.78 is 46.2. The van der Waals surface area contributed by atoms with Crippen LogP contribution in [-0.2, 0) is 17.3 Å². The first-order valence-electron chi connectivity index (χ1n) is 10.4. The standard InChI is InChI=1S/C22H30F3N5O/c1-4-6-16-15(22(23,24)25)9-14(11-28-16)17-10-18(19(26)20(27)29-17)30(2)12-21(13-31-3)7-5-8-21/h9-11H,4-8,12-13,26H2,1-3H3,(H2,27,29). The molecule has 0 aromatic carbocycles. The predicted octanol–water partition coefficient (Wildman–Crippen LogP) is 4.53. The maximum atomic E-state index is 13.6. The molecule has 0 amide bonds. The molecular formula is C22H30F3N5O. The number of aromatic nitrogens is 2. The second-order valence-electron chi connectivity index (χ2n) is 8.43. The van der Waals surface area contributed by atoms with E-state index in [0.717, 1.165) is 25.3 Å². The van der Waals surface area contributed by atoms with E-state index in [1.807, 2.05) is 18.9 Å². The molecule has 3 rings (SSSR count). The maximum Gasteiger partial charge on any atom is 0.418 e. The zero-order valence-corrected chi connectivity index (χ0v) is 18.2. The number of alkyl halides is 3. The fourth-order valence-corrected chi connectivity index (χ4v) is 4.26. The van der Waals surface area contributed by atoms with E-state index in [-0.39, 0.29) is 28.9 Å². The number of ether oxygens (including phenoxy) is 1. The van der Waals surface area contributed by atoms with Gasteiger partial charge in [0.25, 0.3) is 0 Å². The van der Waals surface area contributed by atoms with E-state index in [1.165, 1.54) is 6.20 Å². The van der Waals surface area contributed by atoms with Crippen LogP contribution in [-0.4, -0.2) is 37.3 Å². The van der Waals surface area contributed by atoms with Crippen LogP contribution >= 0.6 is 0 Å². The second-order valence-corrected chi connectivity index (χ2v) is 8.43. The Morgan fingerprint density at radius 3 is 2.48 bits per heavy atom. The van der Waals surface area contributed by atoms with Crippen LogP contribution in [0.2, 0.25) is 0 Å². The molecule has 0 radical (unpaired) electrons. The monoisotopic (exact) mass is 437 g/mol. The van der Waals surface area contributed by atoms with Gasteiger partial charge in [0.15, 0.2) is 0 Å².